The lowest BCUT2D eigenvalue weighted by Crippen LogP contribution is -2.11. The van der Waals surface area contributed by atoms with E-state index in [1.165, 1.54) is 12.1 Å². The Labute approximate surface area is 120 Å². The van der Waals surface area contributed by atoms with Gasteiger partial charge < -0.3 is 19.6 Å². The number of hydrogen-bond donors (Lipinski definition) is 3. The zero-order valence-electron chi connectivity index (χ0n) is 10.7. The van der Waals surface area contributed by atoms with Crippen molar-refractivity contribution in [2.45, 2.75) is 0 Å². The molecule has 3 N–H and O–H groups in total. The van der Waals surface area contributed by atoms with Gasteiger partial charge in [-0.15, -0.1) is 0 Å². The third kappa shape index (κ3) is 2.03. The average molecular weight is 301 g/mol. The van der Waals surface area contributed by atoms with Crippen LogP contribution in [0.2, 0.25) is 0 Å². The summed E-state index contributed by atoms with van der Waals surface area (Å²) in [4.78, 5) is 48.2. The molecule has 22 heavy (non-hydrogen) atoms. The van der Waals surface area contributed by atoms with Crippen molar-refractivity contribution in [1.82, 2.24) is 4.98 Å². The molecule has 110 valence electrons. The highest BCUT2D eigenvalue weighted by Gasteiger charge is 2.14. The largest absolute Gasteiger partial charge is 0.477 e. The molecular weight excluding hydrogens is 294 g/mol. The first-order valence-electron chi connectivity index (χ1n) is 5.98. The second kappa shape index (κ2) is 4.55. The zero-order chi connectivity index (χ0) is 16.0. The summed E-state index contributed by atoms with van der Waals surface area (Å²) in [6.45, 7) is 0. The number of carbonyl (C=O) groups is 2. The Kier molecular flexibility index (Phi) is 2.81. The molecule has 0 saturated carbocycles. The quantitative estimate of drug-likeness (QED) is 0.601. The first-order valence-corrected chi connectivity index (χ1v) is 5.98. The number of nitrogens with one attached hydrogen (secondary N) is 1. The fraction of sp³-hybridized carbons (Fsp3) is 0. The molecule has 1 aromatic carbocycles. The number of fused-ring (bicyclic) bond motifs is 2. The van der Waals surface area contributed by atoms with E-state index in [0.717, 1.165) is 12.1 Å². The molecule has 0 unspecified atom stereocenters. The van der Waals surface area contributed by atoms with Crippen molar-refractivity contribution in [2.24, 2.45) is 0 Å². The van der Waals surface area contributed by atoms with Crippen LogP contribution in [0.1, 0.15) is 21.0 Å². The minimum absolute atomic E-state index is 0.0377. The molecule has 0 bridgehead atoms. The summed E-state index contributed by atoms with van der Waals surface area (Å²) in [5.41, 5.74) is -1.43. The number of pyridine rings is 1. The van der Waals surface area contributed by atoms with Crippen molar-refractivity contribution in [3.63, 3.8) is 0 Å². The van der Waals surface area contributed by atoms with Crippen LogP contribution in [0.3, 0.4) is 0 Å². The summed E-state index contributed by atoms with van der Waals surface area (Å²) in [6, 6.07) is 4.18. The standard InChI is InChI=1S/C14H7NO7/c16-9-3-8(13(18)19)15-7-1-6-10(17)4-12(14(20)21)22-11(6)2-5(7)9/h1-4H,(H,15,16)(H,18,19)(H,20,21). The van der Waals surface area contributed by atoms with Gasteiger partial charge in [0.25, 0.3) is 0 Å². The SMILES string of the molecule is O=C(O)c1cc(=O)c2cc3oc(C(=O)O)cc(=O)c3cc2[nH]1. The topological polar surface area (TPSA) is 138 Å². The summed E-state index contributed by atoms with van der Waals surface area (Å²) < 4.78 is 5.08. The van der Waals surface area contributed by atoms with E-state index in [0.29, 0.717) is 0 Å². The van der Waals surface area contributed by atoms with Gasteiger partial charge in [-0.2, -0.15) is 0 Å². The molecule has 0 spiro atoms. The van der Waals surface area contributed by atoms with Gasteiger partial charge in [-0.3, -0.25) is 9.59 Å². The van der Waals surface area contributed by atoms with E-state index in [2.05, 4.69) is 4.98 Å². The molecule has 0 aliphatic heterocycles. The highest BCUT2D eigenvalue weighted by Crippen LogP contribution is 2.18. The van der Waals surface area contributed by atoms with Crippen LogP contribution in [0.25, 0.3) is 21.9 Å². The summed E-state index contributed by atoms with van der Waals surface area (Å²) in [6.07, 6.45) is 0. The van der Waals surface area contributed by atoms with Crippen LogP contribution in [0, 0.1) is 0 Å². The van der Waals surface area contributed by atoms with Crippen LogP contribution >= 0.6 is 0 Å². The van der Waals surface area contributed by atoms with Crippen molar-refractivity contribution in [3.8, 4) is 0 Å². The highest BCUT2D eigenvalue weighted by atomic mass is 16.4. The van der Waals surface area contributed by atoms with E-state index < -0.39 is 28.6 Å². The van der Waals surface area contributed by atoms with E-state index in [9.17, 15) is 19.2 Å². The van der Waals surface area contributed by atoms with E-state index in [4.69, 9.17) is 14.6 Å². The molecule has 8 nitrogen and oxygen atoms in total. The van der Waals surface area contributed by atoms with E-state index in [-0.39, 0.29) is 27.6 Å². The summed E-state index contributed by atoms with van der Waals surface area (Å²) in [5.74, 6) is -3.27. The van der Waals surface area contributed by atoms with Gasteiger partial charge in [-0.05, 0) is 12.1 Å². The molecule has 0 fully saturated rings. The van der Waals surface area contributed by atoms with Gasteiger partial charge in [0.05, 0.1) is 10.9 Å². The van der Waals surface area contributed by atoms with Crippen LogP contribution in [0.4, 0.5) is 0 Å². The number of rotatable bonds is 2. The number of carboxylic acid groups (broad SMARTS) is 2. The number of hydrogen-bond acceptors (Lipinski definition) is 5. The van der Waals surface area contributed by atoms with Gasteiger partial charge in [0.15, 0.2) is 10.9 Å². The van der Waals surface area contributed by atoms with Crippen LogP contribution in [0.15, 0.2) is 38.3 Å². The predicted molar refractivity (Wildman–Crippen MR) is 74.5 cm³/mol. The maximum Gasteiger partial charge on any atom is 0.371 e. The van der Waals surface area contributed by atoms with E-state index >= 15 is 0 Å². The molecular formula is C14H7NO7. The monoisotopic (exact) mass is 301 g/mol. The zero-order valence-corrected chi connectivity index (χ0v) is 10.7. The van der Waals surface area contributed by atoms with Gasteiger partial charge in [-0.25, -0.2) is 9.59 Å². The molecule has 2 heterocycles. The maximum atomic E-state index is 11.9. The second-order valence-corrected chi connectivity index (χ2v) is 4.53. The number of benzene rings is 1. The van der Waals surface area contributed by atoms with Crippen LogP contribution in [0.5, 0.6) is 0 Å². The highest BCUT2D eigenvalue weighted by molar-refractivity contribution is 5.97. The molecule has 0 saturated heterocycles. The van der Waals surface area contributed by atoms with Gasteiger partial charge >= 0.3 is 11.9 Å². The number of aromatic carboxylic acids is 2. The Morgan fingerprint density at radius 2 is 1.59 bits per heavy atom. The third-order valence-corrected chi connectivity index (χ3v) is 3.12. The van der Waals surface area contributed by atoms with Gasteiger partial charge in [0.2, 0.25) is 5.76 Å². The molecule has 3 rings (SSSR count). The Morgan fingerprint density at radius 1 is 0.909 bits per heavy atom. The number of carboxylic acids is 2. The Bertz CT molecular complexity index is 987. The van der Waals surface area contributed by atoms with Gasteiger partial charge in [0.1, 0.15) is 11.3 Å². The molecule has 0 aliphatic carbocycles. The lowest BCUT2D eigenvalue weighted by atomic mass is 10.1. The van der Waals surface area contributed by atoms with E-state index in [1.807, 2.05) is 0 Å². The van der Waals surface area contributed by atoms with Crippen LogP contribution < -0.4 is 10.9 Å². The Hall–Kier alpha value is -3.42. The fourth-order valence-corrected chi connectivity index (χ4v) is 2.12. The molecule has 0 atom stereocenters. The third-order valence-electron chi connectivity index (χ3n) is 3.12. The number of aromatic amines is 1. The molecule has 0 aliphatic rings. The Morgan fingerprint density at radius 3 is 2.23 bits per heavy atom. The van der Waals surface area contributed by atoms with Gasteiger partial charge in [0, 0.05) is 17.5 Å². The average Bonchev–Trinajstić information content (AvgIpc) is 2.45. The second-order valence-electron chi connectivity index (χ2n) is 4.53. The minimum Gasteiger partial charge on any atom is -0.477 e. The van der Waals surface area contributed by atoms with Crippen molar-refractivity contribution in [2.75, 3.05) is 0 Å². The van der Waals surface area contributed by atoms with E-state index in [1.54, 1.807) is 0 Å². The lowest BCUT2D eigenvalue weighted by Gasteiger charge is -2.03. The van der Waals surface area contributed by atoms with Crippen LogP contribution in [-0.2, 0) is 0 Å². The van der Waals surface area contributed by atoms with Crippen molar-refractivity contribution >= 4 is 33.8 Å². The molecule has 3 aromatic rings. The first kappa shape index (κ1) is 13.6. The summed E-state index contributed by atoms with van der Waals surface area (Å²) in [7, 11) is 0. The maximum absolute atomic E-state index is 11.9. The summed E-state index contributed by atoms with van der Waals surface area (Å²) in [5, 5.41) is 17.9. The molecule has 0 radical (unpaired) electrons. The smallest absolute Gasteiger partial charge is 0.371 e. The first-order chi connectivity index (χ1) is 10.4. The van der Waals surface area contributed by atoms with Crippen LogP contribution in [-0.4, -0.2) is 27.1 Å². The van der Waals surface area contributed by atoms with Crippen molar-refractivity contribution < 1.29 is 24.2 Å². The lowest BCUT2D eigenvalue weighted by molar-refractivity contribution is 0.0659. The number of aromatic nitrogens is 1. The fourth-order valence-electron chi connectivity index (χ4n) is 2.12. The van der Waals surface area contributed by atoms with Crippen molar-refractivity contribution in [3.05, 3.63) is 56.2 Å². The van der Waals surface area contributed by atoms with Crippen molar-refractivity contribution in [1.29, 1.82) is 0 Å². The molecule has 2 aromatic heterocycles. The summed E-state index contributed by atoms with van der Waals surface area (Å²) >= 11 is 0. The Balaban J connectivity index is 2.46. The molecule has 8 heteroatoms. The molecule has 0 amide bonds. The van der Waals surface area contributed by atoms with Gasteiger partial charge in [-0.1, -0.05) is 0 Å². The predicted octanol–water partition coefficient (Wildman–Crippen LogP) is 1.03. The number of H-pyrrole nitrogens is 1. The normalized spacial score (nSPS) is 10.9. The minimum atomic E-state index is -1.41.